The molecule has 1 saturated carbocycles. The van der Waals surface area contributed by atoms with Crippen LogP contribution in [0.4, 0.5) is 5.82 Å². The van der Waals surface area contributed by atoms with Gasteiger partial charge in [0.2, 0.25) is 0 Å². The maximum atomic E-state index is 12.5. The number of nitrogens with zero attached hydrogens (tertiary/aromatic N) is 4. The van der Waals surface area contributed by atoms with Crippen molar-refractivity contribution in [2.75, 3.05) is 5.32 Å². The van der Waals surface area contributed by atoms with Gasteiger partial charge < -0.3 is 5.32 Å². The first-order valence-electron chi connectivity index (χ1n) is 7.64. The first-order valence-corrected chi connectivity index (χ1v) is 8.43. The normalized spacial score (nSPS) is 13.7. The van der Waals surface area contributed by atoms with Crippen molar-refractivity contribution in [3.05, 3.63) is 64.9 Å². The fraction of sp³-hybridized carbons (Fsp3) is 0.176. The predicted octanol–water partition coefficient (Wildman–Crippen LogP) is 3.55. The molecule has 1 amide bonds. The monoisotopic (exact) mass is 383 g/mol. The maximum Gasteiger partial charge on any atom is 0.276 e. The van der Waals surface area contributed by atoms with E-state index in [4.69, 9.17) is 0 Å². The van der Waals surface area contributed by atoms with Crippen molar-refractivity contribution in [2.24, 2.45) is 0 Å². The lowest BCUT2D eigenvalue weighted by Crippen LogP contribution is -2.15. The summed E-state index contributed by atoms with van der Waals surface area (Å²) in [5, 5.41) is 2.78. The predicted molar refractivity (Wildman–Crippen MR) is 93.2 cm³/mol. The number of halogens is 1. The Balaban J connectivity index is 1.54. The molecule has 0 radical (unpaired) electrons. The molecule has 4 rings (SSSR count). The molecule has 6 nitrogen and oxygen atoms in total. The van der Waals surface area contributed by atoms with E-state index in [1.54, 1.807) is 23.3 Å². The number of hydrogen-bond donors (Lipinski definition) is 1. The SMILES string of the molecule is O=C(Nc1cn(-c2ccccn2)cn1)c1nc(C2CC2)ccc1Br. The summed E-state index contributed by atoms with van der Waals surface area (Å²) in [7, 11) is 0. The zero-order valence-electron chi connectivity index (χ0n) is 12.7. The van der Waals surface area contributed by atoms with Crippen molar-refractivity contribution in [1.82, 2.24) is 19.5 Å². The number of anilines is 1. The van der Waals surface area contributed by atoms with E-state index >= 15 is 0 Å². The lowest BCUT2D eigenvalue weighted by atomic mass is 10.2. The van der Waals surface area contributed by atoms with Gasteiger partial charge in [0, 0.05) is 22.3 Å². The van der Waals surface area contributed by atoms with Crippen molar-refractivity contribution in [3.63, 3.8) is 0 Å². The molecular weight excluding hydrogens is 370 g/mol. The van der Waals surface area contributed by atoms with Crippen molar-refractivity contribution < 1.29 is 4.79 Å². The fourth-order valence-corrected chi connectivity index (χ4v) is 2.82. The smallest absolute Gasteiger partial charge is 0.276 e. The molecule has 24 heavy (non-hydrogen) atoms. The summed E-state index contributed by atoms with van der Waals surface area (Å²) in [5.74, 6) is 1.40. The molecule has 3 aromatic rings. The van der Waals surface area contributed by atoms with Gasteiger partial charge in [-0.25, -0.2) is 15.0 Å². The average Bonchev–Trinajstić information content (AvgIpc) is 3.35. The van der Waals surface area contributed by atoms with Crippen molar-refractivity contribution in [2.45, 2.75) is 18.8 Å². The number of imidazole rings is 1. The third-order valence-electron chi connectivity index (χ3n) is 3.82. The second-order valence-electron chi connectivity index (χ2n) is 5.65. The summed E-state index contributed by atoms with van der Waals surface area (Å²) >= 11 is 3.40. The number of carbonyl (C=O) groups excluding carboxylic acids is 1. The van der Waals surface area contributed by atoms with Gasteiger partial charge in [-0.2, -0.15) is 0 Å². The first kappa shape index (κ1) is 15.0. The van der Waals surface area contributed by atoms with Crippen LogP contribution in [0.2, 0.25) is 0 Å². The van der Waals surface area contributed by atoms with Crippen LogP contribution in [0.5, 0.6) is 0 Å². The van der Waals surface area contributed by atoms with Crippen LogP contribution in [-0.4, -0.2) is 25.4 Å². The molecule has 1 aliphatic carbocycles. The molecule has 3 aromatic heterocycles. The molecule has 7 heteroatoms. The Bertz CT molecular complexity index is 889. The van der Waals surface area contributed by atoms with Gasteiger partial charge >= 0.3 is 0 Å². The summed E-state index contributed by atoms with van der Waals surface area (Å²) in [6.45, 7) is 0. The molecular formula is C17H14BrN5O. The van der Waals surface area contributed by atoms with E-state index in [-0.39, 0.29) is 5.91 Å². The number of nitrogens with one attached hydrogen (secondary N) is 1. The molecule has 0 saturated heterocycles. The highest BCUT2D eigenvalue weighted by atomic mass is 79.9. The number of amides is 1. The molecule has 0 spiro atoms. The third-order valence-corrected chi connectivity index (χ3v) is 4.46. The van der Waals surface area contributed by atoms with E-state index in [9.17, 15) is 4.79 Å². The van der Waals surface area contributed by atoms with E-state index in [2.05, 4.69) is 36.2 Å². The van der Waals surface area contributed by atoms with Crippen LogP contribution in [-0.2, 0) is 0 Å². The molecule has 0 bridgehead atoms. The van der Waals surface area contributed by atoms with Crippen LogP contribution < -0.4 is 5.32 Å². The summed E-state index contributed by atoms with van der Waals surface area (Å²) in [6.07, 6.45) is 7.33. The number of pyridine rings is 2. The molecule has 1 N–H and O–H groups in total. The van der Waals surface area contributed by atoms with Crippen LogP contribution in [0.25, 0.3) is 5.82 Å². The van der Waals surface area contributed by atoms with Gasteiger partial charge in [0.15, 0.2) is 5.82 Å². The molecule has 120 valence electrons. The zero-order valence-corrected chi connectivity index (χ0v) is 14.3. The van der Waals surface area contributed by atoms with Crippen molar-refractivity contribution in [3.8, 4) is 5.82 Å². The summed E-state index contributed by atoms with van der Waals surface area (Å²) < 4.78 is 2.42. The molecule has 0 atom stereocenters. The highest BCUT2D eigenvalue weighted by Crippen LogP contribution is 2.39. The van der Waals surface area contributed by atoms with Crippen LogP contribution in [0.3, 0.4) is 0 Å². The lowest BCUT2D eigenvalue weighted by Gasteiger charge is -2.06. The average molecular weight is 384 g/mol. The number of carbonyl (C=O) groups is 1. The molecule has 0 aliphatic heterocycles. The van der Waals surface area contributed by atoms with Gasteiger partial charge in [-0.15, -0.1) is 0 Å². The van der Waals surface area contributed by atoms with Crippen molar-refractivity contribution in [1.29, 1.82) is 0 Å². The van der Waals surface area contributed by atoms with Gasteiger partial charge in [0.05, 0.1) is 6.20 Å². The van der Waals surface area contributed by atoms with Gasteiger partial charge in [-0.3, -0.25) is 9.36 Å². The zero-order chi connectivity index (χ0) is 16.5. The Labute approximate surface area is 147 Å². The Morgan fingerprint density at radius 1 is 1.21 bits per heavy atom. The largest absolute Gasteiger partial charge is 0.304 e. The number of hydrogen-bond acceptors (Lipinski definition) is 4. The van der Waals surface area contributed by atoms with Gasteiger partial charge in [-0.05, 0) is 53.0 Å². The lowest BCUT2D eigenvalue weighted by molar-refractivity contribution is 0.102. The van der Waals surface area contributed by atoms with Gasteiger partial charge in [0.25, 0.3) is 5.91 Å². The fourth-order valence-electron chi connectivity index (χ4n) is 2.42. The molecule has 3 heterocycles. The van der Waals surface area contributed by atoms with Crippen LogP contribution in [0, 0.1) is 0 Å². The standard InChI is InChI=1S/C17H14BrN5O/c18-12-6-7-13(11-4-5-11)21-16(12)17(24)22-14-9-23(10-20-14)15-3-1-2-8-19-15/h1-3,6-11H,4-5H2,(H,22,24). The quantitative estimate of drug-likeness (QED) is 0.747. The summed E-state index contributed by atoms with van der Waals surface area (Å²) in [5.41, 5.74) is 1.36. The second-order valence-corrected chi connectivity index (χ2v) is 6.50. The van der Waals surface area contributed by atoms with Gasteiger partial charge in [-0.1, -0.05) is 6.07 Å². The van der Waals surface area contributed by atoms with Crippen LogP contribution >= 0.6 is 15.9 Å². The minimum absolute atomic E-state index is 0.282. The molecule has 1 fully saturated rings. The van der Waals surface area contributed by atoms with Crippen LogP contribution in [0.15, 0.2) is 53.5 Å². The van der Waals surface area contributed by atoms with E-state index in [0.717, 1.165) is 24.4 Å². The Morgan fingerprint density at radius 2 is 2.08 bits per heavy atom. The topological polar surface area (TPSA) is 72.7 Å². The highest BCUT2D eigenvalue weighted by molar-refractivity contribution is 9.10. The summed E-state index contributed by atoms with van der Waals surface area (Å²) in [6, 6.07) is 9.45. The minimum atomic E-state index is -0.282. The summed E-state index contributed by atoms with van der Waals surface area (Å²) in [4.78, 5) is 25.4. The van der Waals surface area contributed by atoms with E-state index in [1.807, 2.05) is 30.3 Å². The maximum absolute atomic E-state index is 12.5. The number of rotatable bonds is 4. The van der Waals surface area contributed by atoms with E-state index < -0.39 is 0 Å². The number of aromatic nitrogens is 4. The Kier molecular flexibility index (Phi) is 3.86. The molecule has 0 aromatic carbocycles. The highest BCUT2D eigenvalue weighted by Gasteiger charge is 2.26. The Hall–Kier alpha value is -2.54. The molecule has 1 aliphatic rings. The third kappa shape index (κ3) is 3.07. The van der Waals surface area contributed by atoms with Crippen molar-refractivity contribution >= 4 is 27.7 Å². The first-order chi connectivity index (χ1) is 11.7. The minimum Gasteiger partial charge on any atom is -0.304 e. The Morgan fingerprint density at radius 3 is 2.83 bits per heavy atom. The van der Waals surface area contributed by atoms with Crippen LogP contribution in [0.1, 0.15) is 34.9 Å². The molecule has 0 unspecified atom stereocenters. The van der Waals surface area contributed by atoms with E-state index in [0.29, 0.717) is 21.9 Å². The van der Waals surface area contributed by atoms with Gasteiger partial charge in [0.1, 0.15) is 17.8 Å². The second kappa shape index (κ2) is 6.16. The van der Waals surface area contributed by atoms with E-state index in [1.165, 1.54) is 0 Å².